The van der Waals surface area contributed by atoms with Crippen LogP contribution in [0.1, 0.15) is 24.8 Å². The van der Waals surface area contributed by atoms with Crippen LogP contribution in [-0.4, -0.2) is 52.2 Å². The Kier molecular flexibility index (Phi) is 6.12. The second-order valence-corrected chi connectivity index (χ2v) is 6.21. The van der Waals surface area contributed by atoms with Crippen molar-refractivity contribution in [3.05, 3.63) is 35.9 Å². The molecular formula is C17H24N2O4. The Bertz CT molecular complexity index is 535. The van der Waals surface area contributed by atoms with Crippen molar-refractivity contribution >= 4 is 11.9 Å². The Morgan fingerprint density at radius 1 is 1.22 bits per heavy atom. The van der Waals surface area contributed by atoms with Gasteiger partial charge in [0.15, 0.2) is 0 Å². The number of aliphatic carboxylic acids is 2. The maximum Gasteiger partial charge on any atom is 0.320 e. The SMILES string of the molecule is N[C@H](CCCN1CC(C(=O)O)CC1C(=O)O)Cc1ccccc1. The minimum absolute atomic E-state index is 0.0264. The van der Waals surface area contributed by atoms with Gasteiger partial charge in [-0.1, -0.05) is 30.3 Å². The van der Waals surface area contributed by atoms with E-state index in [0.29, 0.717) is 13.1 Å². The van der Waals surface area contributed by atoms with Crippen molar-refractivity contribution in [1.82, 2.24) is 4.90 Å². The molecule has 2 unspecified atom stereocenters. The van der Waals surface area contributed by atoms with Crippen LogP contribution >= 0.6 is 0 Å². The van der Waals surface area contributed by atoms with Crippen LogP contribution in [0.2, 0.25) is 0 Å². The lowest BCUT2D eigenvalue weighted by atomic mass is 10.0. The van der Waals surface area contributed by atoms with Gasteiger partial charge in [0.05, 0.1) is 5.92 Å². The van der Waals surface area contributed by atoms with Gasteiger partial charge in [-0.25, -0.2) is 0 Å². The number of nitrogens with two attached hydrogens (primary N) is 1. The van der Waals surface area contributed by atoms with Crippen molar-refractivity contribution in [1.29, 1.82) is 0 Å². The molecule has 0 spiro atoms. The molecule has 6 nitrogen and oxygen atoms in total. The van der Waals surface area contributed by atoms with E-state index in [1.807, 2.05) is 30.3 Å². The van der Waals surface area contributed by atoms with Crippen LogP contribution in [0.4, 0.5) is 0 Å². The smallest absolute Gasteiger partial charge is 0.320 e. The first kappa shape index (κ1) is 17.4. The number of hydrogen-bond donors (Lipinski definition) is 3. The van der Waals surface area contributed by atoms with Gasteiger partial charge in [-0.15, -0.1) is 0 Å². The molecule has 0 aliphatic carbocycles. The average molecular weight is 320 g/mol. The highest BCUT2D eigenvalue weighted by Gasteiger charge is 2.39. The van der Waals surface area contributed by atoms with Crippen LogP contribution in [0.3, 0.4) is 0 Å². The summed E-state index contributed by atoms with van der Waals surface area (Å²) < 4.78 is 0. The number of hydrogen-bond acceptors (Lipinski definition) is 4. The first-order chi connectivity index (χ1) is 11.0. The Labute approximate surface area is 135 Å². The fraction of sp³-hybridized carbons (Fsp3) is 0.529. The number of carbonyl (C=O) groups is 2. The summed E-state index contributed by atoms with van der Waals surface area (Å²) in [5.74, 6) is -2.45. The third-order valence-corrected chi connectivity index (χ3v) is 4.40. The van der Waals surface area contributed by atoms with Crippen molar-refractivity contribution in [2.24, 2.45) is 11.7 Å². The molecule has 0 radical (unpaired) electrons. The molecule has 0 amide bonds. The van der Waals surface area contributed by atoms with E-state index in [0.717, 1.165) is 19.3 Å². The van der Waals surface area contributed by atoms with Crippen LogP contribution < -0.4 is 5.73 Å². The Balaban J connectivity index is 1.78. The fourth-order valence-electron chi connectivity index (χ4n) is 3.16. The highest BCUT2D eigenvalue weighted by atomic mass is 16.4. The van der Waals surface area contributed by atoms with Gasteiger partial charge < -0.3 is 15.9 Å². The molecule has 126 valence electrons. The summed E-state index contributed by atoms with van der Waals surface area (Å²) >= 11 is 0. The van der Waals surface area contributed by atoms with Crippen molar-refractivity contribution in [2.45, 2.75) is 37.8 Å². The van der Waals surface area contributed by atoms with Crippen LogP contribution in [0.5, 0.6) is 0 Å². The summed E-state index contributed by atoms with van der Waals surface area (Å²) in [6.07, 6.45) is 2.53. The molecule has 1 saturated heterocycles. The van der Waals surface area contributed by atoms with Gasteiger partial charge in [0, 0.05) is 12.6 Å². The highest BCUT2D eigenvalue weighted by Crippen LogP contribution is 2.24. The first-order valence-corrected chi connectivity index (χ1v) is 7.96. The molecular weight excluding hydrogens is 296 g/mol. The molecule has 6 heteroatoms. The Morgan fingerprint density at radius 3 is 2.52 bits per heavy atom. The van der Waals surface area contributed by atoms with Gasteiger partial charge in [-0.3, -0.25) is 14.5 Å². The lowest BCUT2D eigenvalue weighted by molar-refractivity contribution is -0.142. The molecule has 1 fully saturated rings. The number of benzene rings is 1. The van der Waals surface area contributed by atoms with Crippen LogP contribution in [-0.2, 0) is 16.0 Å². The quantitative estimate of drug-likeness (QED) is 0.665. The van der Waals surface area contributed by atoms with E-state index >= 15 is 0 Å². The Hall–Kier alpha value is -1.92. The molecule has 1 aromatic carbocycles. The number of carboxylic acids is 2. The van der Waals surface area contributed by atoms with E-state index in [1.165, 1.54) is 5.56 Å². The maximum absolute atomic E-state index is 11.3. The summed E-state index contributed by atoms with van der Waals surface area (Å²) in [7, 11) is 0. The summed E-state index contributed by atoms with van der Waals surface area (Å²) in [5.41, 5.74) is 7.32. The van der Waals surface area contributed by atoms with E-state index in [9.17, 15) is 14.7 Å². The van der Waals surface area contributed by atoms with Gasteiger partial charge in [0.2, 0.25) is 0 Å². The monoisotopic (exact) mass is 320 g/mol. The largest absolute Gasteiger partial charge is 0.481 e. The number of rotatable bonds is 8. The topological polar surface area (TPSA) is 104 Å². The predicted molar refractivity (Wildman–Crippen MR) is 86.1 cm³/mol. The zero-order chi connectivity index (χ0) is 16.8. The zero-order valence-electron chi connectivity index (χ0n) is 13.1. The summed E-state index contributed by atoms with van der Waals surface area (Å²) in [5, 5.41) is 18.3. The standard InChI is InChI=1S/C17H24N2O4/c18-14(9-12-5-2-1-3-6-12)7-4-8-19-11-13(16(20)21)10-15(19)17(22)23/h1-3,5-6,13-15H,4,7-11,18H2,(H,20,21)(H,22,23)/t13?,14-,15?/m1/s1. The second kappa shape index (κ2) is 8.08. The van der Waals surface area contributed by atoms with Crippen molar-refractivity contribution in [3.8, 4) is 0 Å². The molecule has 1 aliphatic heterocycles. The molecule has 0 aromatic heterocycles. The summed E-state index contributed by atoms with van der Waals surface area (Å²) in [6, 6.07) is 9.34. The lowest BCUT2D eigenvalue weighted by Gasteiger charge is -2.21. The van der Waals surface area contributed by atoms with Crippen LogP contribution in [0.15, 0.2) is 30.3 Å². The number of likely N-dealkylation sites (tertiary alicyclic amines) is 1. The Morgan fingerprint density at radius 2 is 1.91 bits per heavy atom. The van der Waals surface area contributed by atoms with Crippen LogP contribution in [0.25, 0.3) is 0 Å². The molecule has 23 heavy (non-hydrogen) atoms. The maximum atomic E-state index is 11.3. The zero-order valence-corrected chi connectivity index (χ0v) is 13.1. The van der Waals surface area contributed by atoms with Gasteiger partial charge in [-0.05, 0) is 37.8 Å². The van der Waals surface area contributed by atoms with E-state index in [2.05, 4.69) is 0 Å². The predicted octanol–water partition coefficient (Wildman–Crippen LogP) is 1.20. The highest BCUT2D eigenvalue weighted by molar-refractivity contribution is 5.77. The molecule has 0 saturated carbocycles. The third-order valence-electron chi connectivity index (χ3n) is 4.40. The van der Waals surface area contributed by atoms with Crippen LogP contribution in [0, 0.1) is 5.92 Å². The van der Waals surface area contributed by atoms with Crippen molar-refractivity contribution < 1.29 is 19.8 Å². The van der Waals surface area contributed by atoms with E-state index < -0.39 is 23.9 Å². The number of carboxylic acid groups (broad SMARTS) is 2. The minimum Gasteiger partial charge on any atom is -0.481 e. The van der Waals surface area contributed by atoms with Gasteiger partial charge in [0.25, 0.3) is 0 Å². The molecule has 1 heterocycles. The van der Waals surface area contributed by atoms with E-state index in [4.69, 9.17) is 10.8 Å². The minimum atomic E-state index is -0.942. The van der Waals surface area contributed by atoms with Gasteiger partial charge in [0.1, 0.15) is 6.04 Å². The number of nitrogens with zero attached hydrogens (tertiary/aromatic N) is 1. The molecule has 3 atom stereocenters. The third kappa shape index (κ3) is 5.04. The molecule has 1 aliphatic rings. The van der Waals surface area contributed by atoms with E-state index in [1.54, 1.807) is 4.90 Å². The van der Waals surface area contributed by atoms with Gasteiger partial charge in [-0.2, -0.15) is 0 Å². The van der Waals surface area contributed by atoms with Gasteiger partial charge >= 0.3 is 11.9 Å². The van der Waals surface area contributed by atoms with Crippen molar-refractivity contribution in [2.75, 3.05) is 13.1 Å². The fourth-order valence-corrected chi connectivity index (χ4v) is 3.16. The lowest BCUT2D eigenvalue weighted by Crippen LogP contribution is -2.37. The molecule has 1 aromatic rings. The average Bonchev–Trinajstić information content (AvgIpc) is 2.93. The molecule has 0 bridgehead atoms. The second-order valence-electron chi connectivity index (χ2n) is 6.21. The molecule has 4 N–H and O–H groups in total. The molecule has 2 rings (SSSR count). The van der Waals surface area contributed by atoms with E-state index in [-0.39, 0.29) is 12.5 Å². The first-order valence-electron chi connectivity index (χ1n) is 7.96. The summed E-state index contributed by atoms with van der Waals surface area (Å²) in [4.78, 5) is 24.1. The van der Waals surface area contributed by atoms with Crippen molar-refractivity contribution in [3.63, 3.8) is 0 Å². The summed E-state index contributed by atoms with van der Waals surface area (Å²) in [6.45, 7) is 0.878. The normalized spacial score (nSPS) is 22.8.